The van der Waals surface area contributed by atoms with Gasteiger partial charge >= 0.3 is 5.97 Å². The van der Waals surface area contributed by atoms with Gasteiger partial charge in [-0.2, -0.15) is 10.1 Å². The molecule has 0 saturated heterocycles. The largest absolute Gasteiger partial charge is 0.469 e. The lowest BCUT2D eigenvalue weighted by atomic mass is 9.83. The van der Waals surface area contributed by atoms with Gasteiger partial charge in [0, 0.05) is 43.4 Å². The highest BCUT2D eigenvalue weighted by atomic mass is 16.5. The van der Waals surface area contributed by atoms with Crippen molar-refractivity contribution in [3.8, 4) is 0 Å². The Hall–Kier alpha value is -2.64. The van der Waals surface area contributed by atoms with E-state index in [9.17, 15) is 4.79 Å². The zero-order valence-electron chi connectivity index (χ0n) is 16.5. The van der Waals surface area contributed by atoms with Crippen LogP contribution in [0.3, 0.4) is 0 Å². The van der Waals surface area contributed by atoms with Crippen molar-refractivity contribution in [1.82, 2.24) is 20.2 Å². The molecule has 0 atom stereocenters. The van der Waals surface area contributed by atoms with Gasteiger partial charge in [-0.1, -0.05) is 0 Å². The van der Waals surface area contributed by atoms with Crippen LogP contribution >= 0.6 is 0 Å². The lowest BCUT2D eigenvalue weighted by molar-refractivity contribution is -0.142. The fourth-order valence-electron chi connectivity index (χ4n) is 3.94. The van der Waals surface area contributed by atoms with Crippen molar-refractivity contribution in [3.63, 3.8) is 0 Å². The van der Waals surface area contributed by atoms with Crippen LogP contribution in [-0.4, -0.2) is 46.3 Å². The molecule has 0 unspecified atom stereocenters. The van der Waals surface area contributed by atoms with Gasteiger partial charge in [0.2, 0.25) is 5.95 Å². The first kappa shape index (κ1) is 18.7. The second-order valence-corrected chi connectivity index (χ2v) is 7.92. The fraction of sp³-hybridized carbons (Fsp3) is 0.600. The van der Waals surface area contributed by atoms with Gasteiger partial charge < -0.3 is 15.0 Å². The average molecular weight is 384 g/mol. The monoisotopic (exact) mass is 384 g/mol. The third-order valence-corrected chi connectivity index (χ3v) is 5.88. The third-order valence-electron chi connectivity index (χ3n) is 5.88. The number of carbonyl (C=O) groups excluding carboxylic acids is 1. The summed E-state index contributed by atoms with van der Waals surface area (Å²) in [5, 5.41) is 10.7. The number of methoxy groups -OCH3 is 1. The van der Waals surface area contributed by atoms with Crippen LogP contribution in [0.5, 0.6) is 0 Å². The highest BCUT2D eigenvalue weighted by Gasteiger charge is 2.27. The molecule has 8 nitrogen and oxygen atoms in total. The minimum atomic E-state index is -0.109. The normalized spacial score (nSPS) is 21.9. The predicted molar refractivity (Wildman–Crippen MR) is 107 cm³/mol. The molecular weight excluding hydrogens is 356 g/mol. The summed E-state index contributed by atoms with van der Waals surface area (Å²) in [7, 11) is 3.50. The maximum Gasteiger partial charge on any atom is 0.305 e. The summed E-state index contributed by atoms with van der Waals surface area (Å²) >= 11 is 0. The van der Waals surface area contributed by atoms with E-state index >= 15 is 0 Å². The standard InChI is InChI=1S/C20H28N6O2/c1-26(15-7-3-13(4-8-15)11-19(27)28-2)20-21-10-9-17(23-20)22-18-12-16(24-25-18)14-5-6-14/h9-10,12-15H,3-8,11H2,1-2H3,(H2,21,22,23,24,25). The molecule has 0 radical (unpaired) electrons. The van der Waals surface area contributed by atoms with Gasteiger partial charge in [0.05, 0.1) is 7.11 Å². The number of ether oxygens (including phenoxy) is 1. The van der Waals surface area contributed by atoms with Crippen molar-refractivity contribution in [2.75, 3.05) is 24.4 Å². The van der Waals surface area contributed by atoms with E-state index in [2.05, 4.69) is 36.4 Å². The van der Waals surface area contributed by atoms with Crippen LogP contribution in [0, 0.1) is 5.92 Å². The average Bonchev–Trinajstić information content (AvgIpc) is 3.47. The maximum atomic E-state index is 11.5. The molecule has 4 rings (SSSR count). The molecule has 28 heavy (non-hydrogen) atoms. The number of esters is 1. The number of hydrogen-bond acceptors (Lipinski definition) is 7. The molecule has 0 bridgehead atoms. The minimum Gasteiger partial charge on any atom is -0.469 e. The number of hydrogen-bond donors (Lipinski definition) is 2. The van der Waals surface area contributed by atoms with Gasteiger partial charge in [0.1, 0.15) is 5.82 Å². The zero-order valence-corrected chi connectivity index (χ0v) is 16.5. The van der Waals surface area contributed by atoms with Crippen molar-refractivity contribution >= 4 is 23.6 Å². The number of nitrogens with one attached hydrogen (secondary N) is 2. The molecule has 2 saturated carbocycles. The Morgan fingerprint density at radius 3 is 2.75 bits per heavy atom. The number of anilines is 3. The smallest absolute Gasteiger partial charge is 0.305 e. The molecule has 2 aromatic rings. The Morgan fingerprint density at radius 2 is 2.04 bits per heavy atom. The SMILES string of the molecule is COC(=O)CC1CCC(N(C)c2nccc(Nc3cc(C4CC4)[nH]n3)n2)CC1. The van der Waals surface area contributed by atoms with E-state index in [4.69, 9.17) is 4.74 Å². The van der Waals surface area contributed by atoms with Crippen LogP contribution in [0.2, 0.25) is 0 Å². The molecule has 0 amide bonds. The first-order chi connectivity index (χ1) is 13.6. The Bertz CT molecular complexity index is 811. The summed E-state index contributed by atoms with van der Waals surface area (Å²) in [4.78, 5) is 22.8. The molecule has 2 aromatic heterocycles. The van der Waals surface area contributed by atoms with Gasteiger partial charge in [-0.05, 0) is 50.5 Å². The molecule has 150 valence electrons. The molecule has 0 spiro atoms. The van der Waals surface area contributed by atoms with E-state index in [1.54, 1.807) is 6.20 Å². The Kier molecular flexibility index (Phi) is 5.45. The summed E-state index contributed by atoms with van der Waals surface area (Å²) in [6, 6.07) is 4.30. The summed E-state index contributed by atoms with van der Waals surface area (Å²) in [5.74, 6) is 3.19. The fourth-order valence-corrected chi connectivity index (χ4v) is 3.94. The second kappa shape index (κ2) is 8.16. The first-order valence-electron chi connectivity index (χ1n) is 10.1. The maximum absolute atomic E-state index is 11.5. The van der Waals surface area contributed by atoms with Gasteiger partial charge in [-0.15, -0.1) is 0 Å². The molecule has 8 heteroatoms. The number of carbonyl (C=O) groups is 1. The zero-order chi connectivity index (χ0) is 19.5. The van der Waals surface area contributed by atoms with E-state index in [1.807, 2.05) is 13.1 Å². The predicted octanol–water partition coefficient (Wildman–Crippen LogP) is 3.38. The lowest BCUT2D eigenvalue weighted by Crippen LogP contribution is -2.36. The van der Waals surface area contributed by atoms with E-state index in [0.29, 0.717) is 30.2 Å². The molecule has 0 aromatic carbocycles. The second-order valence-electron chi connectivity index (χ2n) is 7.92. The van der Waals surface area contributed by atoms with Crippen LogP contribution < -0.4 is 10.2 Å². The van der Waals surface area contributed by atoms with Crippen LogP contribution in [0.4, 0.5) is 17.6 Å². The van der Waals surface area contributed by atoms with Gasteiger partial charge in [-0.25, -0.2) is 4.98 Å². The number of H-pyrrole nitrogens is 1. The molecule has 2 N–H and O–H groups in total. The quantitative estimate of drug-likeness (QED) is 0.707. The van der Waals surface area contributed by atoms with Gasteiger partial charge in [0.25, 0.3) is 0 Å². The Labute approximate surface area is 165 Å². The number of rotatable bonds is 7. The Morgan fingerprint density at radius 1 is 1.25 bits per heavy atom. The summed E-state index contributed by atoms with van der Waals surface area (Å²) < 4.78 is 4.79. The van der Waals surface area contributed by atoms with Crippen molar-refractivity contribution in [2.45, 2.75) is 56.9 Å². The van der Waals surface area contributed by atoms with Crippen LogP contribution in [0.25, 0.3) is 0 Å². The van der Waals surface area contributed by atoms with E-state index in [1.165, 1.54) is 25.6 Å². The van der Waals surface area contributed by atoms with Crippen LogP contribution in [0.1, 0.15) is 56.6 Å². The molecule has 2 heterocycles. The van der Waals surface area contributed by atoms with E-state index in [-0.39, 0.29) is 5.97 Å². The van der Waals surface area contributed by atoms with Gasteiger partial charge in [0.15, 0.2) is 5.82 Å². The number of nitrogens with zero attached hydrogens (tertiary/aromatic N) is 4. The first-order valence-corrected chi connectivity index (χ1v) is 10.1. The van der Waals surface area contributed by atoms with Crippen LogP contribution in [0.15, 0.2) is 18.3 Å². The van der Waals surface area contributed by atoms with Crippen molar-refractivity contribution in [3.05, 3.63) is 24.0 Å². The van der Waals surface area contributed by atoms with Gasteiger partial charge in [-0.3, -0.25) is 9.89 Å². The summed E-state index contributed by atoms with van der Waals surface area (Å²) in [6.07, 6.45) is 8.90. The molecule has 2 aliphatic carbocycles. The van der Waals surface area contributed by atoms with Crippen molar-refractivity contribution in [2.24, 2.45) is 5.92 Å². The minimum absolute atomic E-state index is 0.109. The molecular formula is C20H28N6O2. The Balaban J connectivity index is 1.35. The van der Waals surface area contributed by atoms with Crippen LogP contribution in [-0.2, 0) is 9.53 Å². The number of aromatic amines is 1. The highest BCUT2D eigenvalue weighted by Crippen LogP contribution is 2.39. The van der Waals surface area contributed by atoms with Crippen molar-refractivity contribution < 1.29 is 9.53 Å². The molecule has 0 aliphatic heterocycles. The summed E-state index contributed by atoms with van der Waals surface area (Å²) in [5.41, 5.74) is 1.19. The molecule has 2 fully saturated rings. The topological polar surface area (TPSA) is 96.0 Å². The summed E-state index contributed by atoms with van der Waals surface area (Å²) in [6.45, 7) is 0. The molecule has 2 aliphatic rings. The van der Waals surface area contributed by atoms with E-state index < -0.39 is 0 Å². The highest BCUT2D eigenvalue weighted by molar-refractivity contribution is 5.69. The number of aromatic nitrogens is 4. The van der Waals surface area contributed by atoms with Crippen molar-refractivity contribution in [1.29, 1.82) is 0 Å². The lowest BCUT2D eigenvalue weighted by Gasteiger charge is -2.34. The third kappa shape index (κ3) is 4.43. The van der Waals surface area contributed by atoms with E-state index in [0.717, 1.165) is 37.3 Å².